The molecule has 0 radical (unpaired) electrons. The van der Waals surface area contributed by atoms with Crippen molar-refractivity contribution in [2.24, 2.45) is 0 Å². The van der Waals surface area contributed by atoms with Gasteiger partial charge in [-0.3, -0.25) is 10.1 Å². The summed E-state index contributed by atoms with van der Waals surface area (Å²) in [5.41, 5.74) is 0. The predicted octanol–water partition coefficient (Wildman–Crippen LogP) is 0.487. The zero-order valence-electron chi connectivity index (χ0n) is 9.70. The lowest BCUT2D eigenvalue weighted by Gasteiger charge is -2.20. The molecular weight excluding hydrogens is 230 g/mol. The summed E-state index contributed by atoms with van der Waals surface area (Å²) in [6, 6.07) is 0.0772. The summed E-state index contributed by atoms with van der Waals surface area (Å²) in [6.07, 6.45) is 1.13. The van der Waals surface area contributed by atoms with Crippen LogP contribution in [0.5, 0.6) is 0 Å². The fourth-order valence-electron chi connectivity index (χ4n) is 1.69. The molecule has 1 aliphatic heterocycles. The third-order valence-corrected chi connectivity index (χ3v) is 2.94. The van der Waals surface area contributed by atoms with Crippen LogP contribution in [0, 0.1) is 0 Å². The van der Waals surface area contributed by atoms with E-state index in [1.807, 2.05) is 14.1 Å². The van der Waals surface area contributed by atoms with Crippen molar-refractivity contribution in [3.63, 3.8) is 0 Å². The summed E-state index contributed by atoms with van der Waals surface area (Å²) in [5.74, 6) is -0.0762. The molecule has 3 amide bonds. The van der Waals surface area contributed by atoms with Gasteiger partial charge in [-0.2, -0.15) is 0 Å². The van der Waals surface area contributed by atoms with Crippen molar-refractivity contribution in [1.82, 2.24) is 15.1 Å². The molecule has 1 N–H and O–H groups in total. The highest BCUT2D eigenvalue weighted by atomic mass is 35.5. The Hall–Kier alpha value is -0.810. The molecule has 1 fully saturated rings. The van der Waals surface area contributed by atoms with Gasteiger partial charge in [-0.15, -0.1) is 11.6 Å². The number of hydrogen-bond donors (Lipinski definition) is 1. The number of carbonyl (C=O) groups is 2. The highest BCUT2D eigenvalue weighted by Gasteiger charge is 2.27. The van der Waals surface area contributed by atoms with E-state index < -0.39 is 0 Å². The average Bonchev–Trinajstić information content (AvgIpc) is 2.66. The van der Waals surface area contributed by atoms with Crippen LogP contribution in [0.4, 0.5) is 4.79 Å². The first-order valence-electron chi connectivity index (χ1n) is 5.35. The van der Waals surface area contributed by atoms with Crippen LogP contribution in [0.2, 0.25) is 0 Å². The van der Waals surface area contributed by atoms with E-state index in [1.165, 1.54) is 0 Å². The van der Waals surface area contributed by atoms with Crippen LogP contribution in [0.3, 0.4) is 0 Å². The fourth-order valence-corrected chi connectivity index (χ4v) is 1.87. The predicted molar refractivity (Wildman–Crippen MR) is 62.5 cm³/mol. The zero-order chi connectivity index (χ0) is 12.1. The van der Waals surface area contributed by atoms with E-state index in [4.69, 9.17) is 11.6 Å². The van der Waals surface area contributed by atoms with Gasteiger partial charge in [0, 0.05) is 31.4 Å². The molecule has 0 aliphatic carbocycles. The Kier molecular flexibility index (Phi) is 5.02. The van der Waals surface area contributed by atoms with Crippen molar-refractivity contribution >= 4 is 23.5 Å². The van der Waals surface area contributed by atoms with Crippen LogP contribution < -0.4 is 5.32 Å². The molecule has 16 heavy (non-hydrogen) atoms. The molecular formula is C10H18ClN3O2. The number of hydrogen-bond acceptors (Lipinski definition) is 3. The second kappa shape index (κ2) is 6.06. The molecule has 92 valence electrons. The number of alkyl halides is 1. The zero-order valence-corrected chi connectivity index (χ0v) is 10.5. The molecule has 1 aliphatic rings. The largest absolute Gasteiger partial charge is 0.324 e. The Bertz CT molecular complexity index is 271. The maximum absolute atomic E-state index is 11.6. The molecule has 0 saturated carbocycles. The number of urea groups is 1. The third kappa shape index (κ3) is 3.64. The smallest absolute Gasteiger partial charge is 0.323 e. The summed E-state index contributed by atoms with van der Waals surface area (Å²) < 4.78 is 0. The standard InChI is InChI=1S/C10H18ClN3O2/c1-13(2)8-4-6-14(7-8)10(16)12-9(15)3-5-11/h8H,3-7H2,1-2H3,(H,12,15,16). The van der Waals surface area contributed by atoms with Gasteiger partial charge in [0.1, 0.15) is 0 Å². The van der Waals surface area contributed by atoms with Crippen LogP contribution in [-0.2, 0) is 4.79 Å². The molecule has 0 aromatic carbocycles. The van der Waals surface area contributed by atoms with Crippen molar-refractivity contribution in [3.05, 3.63) is 0 Å². The summed E-state index contributed by atoms with van der Waals surface area (Å²) in [6.45, 7) is 1.37. The van der Waals surface area contributed by atoms with E-state index in [1.54, 1.807) is 4.90 Å². The van der Waals surface area contributed by atoms with Crippen LogP contribution in [0.25, 0.3) is 0 Å². The van der Waals surface area contributed by atoms with Gasteiger partial charge in [0.05, 0.1) is 0 Å². The first-order valence-corrected chi connectivity index (χ1v) is 5.89. The number of rotatable bonds is 3. The average molecular weight is 248 g/mol. The molecule has 1 saturated heterocycles. The minimum absolute atomic E-state index is 0.179. The van der Waals surface area contributed by atoms with E-state index in [0.717, 1.165) is 6.42 Å². The number of nitrogens with one attached hydrogen (secondary N) is 1. The molecule has 1 rings (SSSR count). The number of likely N-dealkylation sites (tertiary alicyclic amines) is 1. The number of likely N-dealkylation sites (N-methyl/N-ethyl adjacent to an activating group) is 1. The minimum atomic E-state index is -0.312. The quantitative estimate of drug-likeness (QED) is 0.739. The fraction of sp³-hybridized carbons (Fsp3) is 0.800. The van der Waals surface area contributed by atoms with Gasteiger partial charge in [-0.25, -0.2) is 4.79 Å². The number of carbonyl (C=O) groups excluding carboxylic acids is 2. The van der Waals surface area contributed by atoms with E-state index in [9.17, 15) is 9.59 Å². The van der Waals surface area contributed by atoms with E-state index in [0.29, 0.717) is 19.1 Å². The number of imide groups is 1. The SMILES string of the molecule is CN(C)C1CCN(C(=O)NC(=O)CCCl)C1. The molecule has 0 aromatic heterocycles. The van der Waals surface area contributed by atoms with Crippen molar-refractivity contribution < 1.29 is 9.59 Å². The maximum Gasteiger partial charge on any atom is 0.324 e. The lowest BCUT2D eigenvalue weighted by molar-refractivity contribution is -0.119. The summed E-state index contributed by atoms with van der Waals surface area (Å²) in [7, 11) is 3.98. The van der Waals surface area contributed by atoms with E-state index >= 15 is 0 Å². The lowest BCUT2D eigenvalue weighted by atomic mass is 10.2. The van der Waals surface area contributed by atoms with Crippen LogP contribution in [0.15, 0.2) is 0 Å². The first kappa shape index (κ1) is 13.3. The highest BCUT2D eigenvalue weighted by Crippen LogP contribution is 2.12. The molecule has 1 heterocycles. The molecule has 0 aromatic rings. The summed E-state index contributed by atoms with van der Waals surface area (Å²) in [4.78, 5) is 26.6. The molecule has 5 nitrogen and oxygen atoms in total. The summed E-state index contributed by atoms with van der Waals surface area (Å²) >= 11 is 5.41. The second-order valence-corrected chi connectivity index (χ2v) is 4.52. The Morgan fingerprint density at radius 2 is 2.19 bits per heavy atom. The van der Waals surface area contributed by atoms with Gasteiger partial charge in [-0.05, 0) is 20.5 Å². The molecule has 1 atom stereocenters. The highest BCUT2D eigenvalue weighted by molar-refractivity contribution is 6.19. The minimum Gasteiger partial charge on any atom is -0.323 e. The van der Waals surface area contributed by atoms with Gasteiger partial charge in [0.25, 0.3) is 0 Å². The Balaban J connectivity index is 2.36. The van der Waals surface area contributed by atoms with E-state index in [-0.39, 0.29) is 24.2 Å². The summed E-state index contributed by atoms with van der Waals surface area (Å²) in [5, 5.41) is 2.33. The second-order valence-electron chi connectivity index (χ2n) is 4.14. The van der Waals surface area contributed by atoms with Crippen LogP contribution >= 0.6 is 11.6 Å². The van der Waals surface area contributed by atoms with Crippen molar-refractivity contribution in [2.45, 2.75) is 18.9 Å². The maximum atomic E-state index is 11.6. The van der Waals surface area contributed by atoms with E-state index in [2.05, 4.69) is 10.2 Å². The normalized spacial score (nSPS) is 20.2. The van der Waals surface area contributed by atoms with Crippen LogP contribution in [0.1, 0.15) is 12.8 Å². The van der Waals surface area contributed by atoms with Crippen molar-refractivity contribution in [3.8, 4) is 0 Å². The molecule has 6 heteroatoms. The van der Waals surface area contributed by atoms with Gasteiger partial charge in [-0.1, -0.05) is 0 Å². The van der Waals surface area contributed by atoms with Gasteiger partial charge >= 0.3 is 6.03 Å². The van der Waals surface area contributed by atoms with Crippen molar-refractivity contribution in [1.29, 1.82) is 0 Å². The third-order valence-electron chi connectivity index (χ3n) is 2.75. The Labute approximate surface area is 101 Å². The topological polar surface area (TPSA) is 52.6 Å². The number of nitrogens with zero attached hydrogens (tertiary/aromatic N) is 2. The number of halogens is 1. The number of amides is 3. The Morgan fingerprint density at radius 3 is 2.69 bits per heavy atom. The molecule has 1 unspecified atom stereocenters. The monoisotopic (exact) mass is 247 g/mol. The lowest BCUT2D eigenvalue weighted by Crippen LogP contribution is -2.43. The first-order chi connectivity index (χ1) is 7.54. The molecule has 0 spiro atoms. The van der Waals surface area contributed by atoms with Gasteiger partial charge < -0.3 is 9.80 Å². The van der Waals surface area contributed by atoms with Crippen molar-refractivity contribution in [2.75, 3.05) is 33.1 Å². The Morgan fingerprint density at radius 1 is 1.50 bits per heavy atom. The molecule has 0 bridgehead atoms. The van der Waals surface area contributed by atoms with Crippen LogP contribution in [-0.4, -0.2) is 60.8 Å². The van der Waals surface area contributed by atoms with Gasteiger partial charge in [0.15, 0.2) is 0 Å². The van der Waals surface area contributed by atoms with Gasteiger partial charge in [0.2, 0.25) is 5.91 Å².